The number of carboxylic acids is 1. The molecule has 2 rings (SSSR count). The molecule has 1 aliphatic rings. The molecule has 0 bridgehead atoms. The smallest absolute Gasteiger partial charge is 0.317 e. The zero-order chi connectivity index (χ0) is 14.6. The van der Waals surface area contributed by atoms with E-state index in [0.717, 1.165) is 13.0 Å². The highest BCUT2D eigenvalue weighted by Gasteiger charge is 2.32. The van der Waals surface area contributed by atoms with Gasteiger partial charge in [-0.3, -0.25) is 9.69 Å². The molecule has 0 spiro atoms. The van der Waals surface area contributed by atoms with Crippen LogP contribution in [0.4, 0.5) is 0 Å². The molecule has 0 saturated carbocycles. The molecule has 0 radical (unpaired) electrons. The number of carboxylic acid groups (broad SMARTS) is 1. The number of carbonyl (C=O) groups is 1. The van der Waals surface area contributed by atoms with E-state index in [1.807, 2.05) is 10.8 Å². The van der Waals surface area contributed by atoms with Crippen LogP contribution in [-0.4, -0.2) is 64.6 Å². The Balaban J connectivity index is 1.88. The summed E-state index contributed by atoms with van der Waals surface area (Å²) in [5, 5.41) is 8.95. The predicted molar refractivity (Wildman–Crippen MR) is 73.1 cm³/mol. The molecule has 20 heavy (non-hydrogen) atoms. The van der Waals surface area contributed by atoms with Gasteiger partial charge >= 0.3 is 5.97 Å². The van der Waals surface area contributed by atoms with Crippen molar-refractivity contribution in [2.75, 3.05) is 24.6 Å². The first kappa shape index (κ1) is 15.0. The molecule has 2 heterocycles. The lowest BCUT2D eigenvalue weighted by atomic mass is 10.2. The van der Waals surface area contributed by atoms with Crippen LogP contribution in [0.25, 0.3) is 0 Å². The summed E-state index contributed by atoms with van der Waals surface area (Å²) in [6.07, 6.45) is 6.54. The number of rotatable bonds is 7. The fourth-order valence-electron chi connectivity index (χ4n) is 2.50. The summed E-state index contributed by atoms with van der Waals surface area (Å²) >= 11 is 0. The van der Waals surface area contributed by atoms with Gasteiger partial charge < -0.3 is 9.67 Å². The highest BCUT2D eigenvalue weighted by Crippen LogP contribution is 2.18. The van der Waals surface area contributed by atoms with E-state index in [1.54, 1.807) is 17.4 Å². The van der Waals surface area contributed by atoms with Gasteiger partial charge in [0, 0.05) is 31.5 Å². The van der Waals surface area contributed by atoms with Gasteiger partial charge in [0.1, 0.15) is 0 Å². The first-order valence-electron chi connectivity index (χ1n) is 6.58. The van der Waals surface area contributed by atoms with Gasteiger partial charge in [0.05, 0.1) is 24.4 Å². The quantitative estimate of drug-likeness (QED) is 0.753. The van der Waals surface area contributed by atoms with Crippen molar-refractivity contribution in [2.24, 2.45) is 0 Å². The van der Waals surface area contributed by atoms with E-state index in [4.69, 9.17) is 5.11 Å². The number of imidazole rings is 1. The molecule has 0 aliphatic carbocycles. The monoisotopic (exact) mass is 301 g/mol. The van der Waals surface area contributed by atoms with Gasteiger partial charge in [-0.15, -0.1) is 0 Å². The van der Waals surface area contributed by atoms with Crippen molar-refractivity contribution in [3.63, 3.8) is 0 Å². The minimum Gasteiger partial charge on any atom is -0.480 e. The molecule has 1 aromatic rings. The molecular formula is C12H19N3O4S. The summed E-state index contributed by atoms with van der Waals surface area (Å²) in [6, 6.07) is -0.168. The van der Waals surface area contributed by atoms with Crippen molar-refractivity contribution in [1.82, 2.24) is 14.5 Å². The van der Waals surface area contributed by atoms with Crippen molar-refractivity contribution in [3.8, 4) is 0 Å². The minimum absolute atomic E-state index is 0.0748. The van der Waals surface area contributed by atoms with Gasteiger partial charge in [0.15, 0.2) is 9.84 Å². The van der Waals surface area contributed by atoms with Crippen molar-refractivity contribution in [2.45, 2.75) is 25.4 Å². The summed E-state index contributed by atoms with van der Waals surface area (Å²) in [5.74, 6) is -0.683. The van der Waals surface area contributed by atoms with Crippen molar-refractivity contribution in [3.05, 3.63) is 18.7 Å². The van der Waals surface area contributed by atoms with Crippen LogP contribution in [0.15, 0.2) is 18.7 Å². The molecule has 1 unspecified atom stereocenters. The number of sulfone groups is 1. The summed E-state index contributed by atoms with van der Waals surface area (Å²) in [4.78, 5) is 16.6. The van der Waals surface area contributed by atoms with E-state index in [9.17, 15) is 13.2 Å². The third-order valence-corrected chi connectivity index (χ3v) is 5.23. The summed E-state index contributed by atoms with van der Waals surface area (Å²) in [5.41, 5.74) is 0. The Morgan fingerprint density at radius 3 is 2.85 bits per heavy atom. The molecule has 8 heteroatoms. The van der Waals surface area contributed by atoms with E-state index in [-0.39, 0.29) is 24.1 Å². The Morgan fingerprint density at radius 2 is 2.30 bits per heavy atom. The van der Waals surface area contributed by atoms with Crippen molar-refractivity contribution >= 4 is 15.8 Å². The number of aromatic nitrogens is 2. The van der Waals surface area contributed by atoms with Crippen LogP contribution >= 0.6 is 0 Å². The summed E-state index contributed by atoms with van der Waals surface area (Å²) in [7, 11) is -2.99. The summed E-state index contributed by atoms with van der Waals surface area (Å²) < 4.78 is 24.9. The highest BCUT2D eigenvalue weighted by molar-refractivity contribution is 7.91. The molecule has 1 aromatic heterocycles. The van der Waals surface area contributed by atoms with Crippen LogP contribution < -0.4 is 0 Å². The molecule has 0 amide bonds. The van der Waals surface area contributed by atoms with Gasteiger partial charge in [-0.1, -0.05) is 0 Å². The Bertz CT molecular complexity index is 541. The molecule has 1 saturated heterocycles. The molecule has 1 aliphatic heterocycles. The fourth-order valence-corrected chi connectivity index (χ4v) is 4.26. The zero-order valence-electron chi connectivity index (χ0n) is 11.2. The Hall–Kier alpha value is -1.41. The summed E-state index contributed by atoms with van der Waals surface area (Å²) in [6.45, 7) is 1.21. The van der Waals surface area contributed by atoms with Gasteiger partial charge in [-0.25, -0.2) is 13.4 Å². The minimum atomic E-state index is -2.99. The number of aryl methyl sites for hydroxylation is 1. The first-order chi connectivity index (χ1) is 9.46. The van der Waals surface area contributed by atoms with Crippen LogP contribution in [-0.2, 0) is 21.2 Å². The van der Waals surface area contributed by atoms with E-state index in [1.165, 1.54) is 0 Å². The van der Waals surface area contributed by atoms with Crippen molar-refractivity contribution < 1.29 is 18.3 Å². The second-order valence-corrected chi connectivity index (χ2v) is 7.30. The zero-order valence-corrected chi connectivity index (χ0v) is 12.0. The molecule has 1 N–H and O–H groups in total. The van der Waals surface area contributed by atoms with Crippen LogP contribution in [0.5, 0.6) is 0 Å². The number of hydrogen-bond acceptors (Lipinski definition) is 5. The van der Waals surface area contributed by atoms with Crippen LogP contribution in [0.2, 0.25) is 0 Å². The van der Waals surface area contributed by atoms with Crippen LogP contribution in [0.1, 0.15) is 12.8 Å². The molecule has 7 nitrogen and oxygen atoms in total. The maximum atomic E-state index is 11.5. The molecule has 0 aromatic carbocycles. The average molecular weight is 301 g/mol. The maximum Gasteiger partial charge on any atom is 0.317 e. The van der Waals surface area contributed by atoms with E-state index < -0.39 is 15.8 Å². The van der Waals surface area contributed by atoms with Gasteiger partial charge in [0.2, 0.25) is 0 Å². The van der Waals surface area contributed by atoms with Crippen molar-refractivity contribution in [1.29, 1.82) is 0 Å². The second-order valence-electron chi connectivity index (χ2n) is 5.08. The third kappa shape index (κ3) is 4.31. The Kier molecular flexibility index (Phi) is 4.77. The number of hydrogen-bond donors (Lipinski definition) is 1. The van der Waals surface area contributed by atoms with E-state index >= 15 is 0 Å². The van der Waals surface area contributed by atoms with Crippen LogP contribution in [0, 0.1) is 0 Å². The first-order valence-corrected chi connectivity index (χ1v) is 8.40. The van der Waals surface area contributed by atoms with E-state index in [2.05, 4.69) is 4.98 Å². The molecule has 112 valence electrons. The van der Waals surface area contributed by atoms with Gasteiger partial charge in [-0.05, 0) is 12.8 Å². The largest absolute Gasteiger partial charge is 0.480 e. The van der Waals surface area contributed by atoms with Crippen LogP contribution in [0.3, 0.4) is 0 Å². The number of nitrogens with zero attached hydrogens (tertiary/aromatic N) is 3. The lowest BCUT2D eigenvalue weighted by Gasteiger charge is -2.26. The second kappa shape index (κ2) is 6.36. The standard InChI is InChI=1S/C12H19N3O4S/c16-12(17)8-15(11-2-7-20(18,19)9-11)5-1-4-14-6-3-13-10-14/h3,6,10-11H,1-2,4-5,7-9H2,(H,16,17). The lowest BCUT2D eigenvalue weighted by molar-refractivity contribution is -0.138. The van der Waals surface area contributed by atoms with Gasteiger partial charge in [-0.2, -0.15) is 0 Å². The Labute approximate surface area is 118 Å². The highest BCUT2D eigenvalue weighted by atomic mass is 32.2. The third-order valence-electron chi connectivity index (χ3n) is 3.48. The topological polar surface area (TPSA) is 92.5 Å². The maximum absolute atomic E-state index is 11.5. The predicted octanol–water partition coefficient (Wildman–Crippen LogP) is -0.153. The molecule has 1 fully saturated rings. The average Bonchev–Trinajstić information content (AvgIpc) is 2.97. The lowest BCUT2D eigenvalue weighted by Crippen LogP contribution is -2.40. The van der Waals surface area contributed by atoms with Gasteiger partial charge in [0.25, 0.3) is 0 Å². The van der Waals surface area contributed by atoms with E-state index in [0.29, 0.717) is 13.0 Å². The normalized spacial score (nSPS) is 21.4. The SMILES string of the molecule is O=C(O)CN(CCCn1ccnc1)C1CCS(=O)(=O)C1. The molecular weight excluding hydrogens is 282 g/mol. The number of aliphatic carboxylic acids is 1. The Morgan fingerprint density at radius 1 is 1.50 bits per heavy atom. The molecule has 1 atom stereocenters. The fraction of sp³-hybridized carbons (Fsp3) is 0.667.